The average Bonchev–Trinajstić information content (AvgIpc) is 3.28. The average molecular weight is 616 g/mol. The Hall–Kier alpha value is -3.24. The largest absolute Gasteiger partial charge is 0.346 e. The summed E-state index contributed by atoms with van der Waals surface area (Å²) in [6, 6.07) is -4.07. The zero-order valence-corrected chi connectivity index (χ0v) is 27.6. The molecule has 0 spiro atoms. The highest BCUT2D eigenvalue weighted by atomic mass is 16.2. The third-order valence-corrected chi connectivity index (χ3v) is 9.84. The van der Waals surface area contributed by atoms with Crippen LogP contribution in [-0.2, 0) is 24.0 Å². The fourth-order valence-corrected chi connectivity index (χ4v) is 7.19. The molecule has 0 bridgehead atoms. The van der Waals surface area contributed by atoms with Crippen molar-refractivity contribution in [2.45, 2.75) is 118 Å². The molecule has 3 fully saturated rings. The Morgan fingerprint density at radius 3 is 2.18 bits per heavy atom. The topological polar surface area (TPSA) is 154 Å². The molecule has 1 unspecified atom stereocenters. The van der Waals surface area contributed by atoms with Crippen LogP contribution in [0.5, 0.6) is 0 Å². The van der Waals surface area contributed by atoms with E-state index in [2.05, 4.69) is 41.7 Å². The lowest BCUT2D eigenvalue weighted by atomic mass is 9.82. The van der Waals surface area contributed by atoms with Gasteiger partial charge in [-0.3, -0.25) is 24.0 Å². The molecule has 1 heterocycles. The number of ketones is 2. The van der Waals surface area contributed by atoms with Crippen LogP contribution in [0.15, 0.2) is 12.7 Å². The number of Topliss-reactive ketones (excluding diaryl/α,β-unsaturated/α-hetero) is 2. The van der Waals surface area contributed by atoms with E-state index in [9.17, 15) is 28.8 Å². The summed E-state index contributed by atoms with van der Waals surface area (Å²) in [4.78, 5) is 80.7. The van der Waals surface area contributed by atoms with Crippen LogP contribution in [0.1, 0.15) is 93.4 Å². The van der Waals surface area contributed by atoms with Gasteiger partial charge in [0.1, 0.15) is 12.1 Å². The van der Waals surface area contributed by atoms with Gasteiger partial charge in [0, 0.05) is 13.1 Å². The van der Waals surface area contributed by atoms with E-state index in [1.54, 1.807) is 0 Å². The van der Waals surface area contributed by atoms with Gasteiger partial charge in [-0.05, 0) is 54.8 Å². The fourth-order valence-electron chi connectivity index (χ4n) is 7.19. The highest BCUT2D eigenvalue weighted by Gasteiger charge is 2.70. The van der Waals surface area contributed by atoms with Crippen LogP contribution < -0.4 is 21.3 Å². The number of carbonyl (C=O) groups is 6. The van der Waals surface area contributed by atoms with Crippen molar-refractivity contribution < 1.29 is 28.8 Å². The van der Waals surface area contributed by atoms with Gasteiger partial charge in [0.15, 0.2) is 5.78 Å². The molecule has 11 heteroatoms. The van der Waals surface area contributed by atoms with Gasteiger partial charge in [0.25, 0.3) is 5.91 Å². The number of carbonyl (C=O) groups excluding carboxylic acids is 6. The summed E-state index contributed by atoms with van der Waals surface area (Å²) < 4.78 is 0. The third kappa shape index (κ3) is 7.88. The lowest BCUT2D eigenvalue weighted by molar-refractivity contribution is -0.145. The van der Waals surface area contributed by atoms with Crippen molar-refractivity contribution in [2.75, 3.05) is 13.1 Å². The van der Waals surface area contributed by atoms with Crippen molar-refractivity contribution in [2.24, 2.45) is 28.6 Å². The zero-order valence-electron chi connectivity index (χ0n) is 27.6. The van der Waals surface area contributed by atoms with Crippen LogP contribution in [0.3, 0.4) is 0 Å². The second kappa shape index (κ2) is 14.2. The molecule has 6 atom stereocenters. The fraction of sp³-hybridized carbons (Fsp3) is 0.758. The molecular formula is C33H53N5O6. The zero-order chi connectivity index (χ0) is 33.0. The van der Waals surface area contributed by atoms with E-state index in [1.165, 1.54) is 17.9 Å². The molecule has 5 amide bonds. The van der Waals surface area contributed by atoms with Gasteiger partial charge in [0.2, 0.25) is 17.6 Å². The van der Waals surface area contributed by atoms with Gasteiger partial charge in [-0.15, -0.1) is 6.58 Å². The highest BCUT2D eigenvalue weighted by Crippen LogP contribution is 2.65. The number of urea groups is 1. The van der Waals surface area contributed by atoms with Crippen LogP contribution >= 0.6 is 0 Å². The molecule has 2 saturated carbocycles. The Morgan fingerprint density at radius 1 is 1.00 bits per heavy atom. The molecule has 3 rings (SSSR count). The van der Waals surface area contributed by atoms with E-state index in [4.69, 9.17) is 0 Å². The summed E-state index contributed by atoms with van der Waals surface area (Å²) in [7, 11) is 0. The molecule has 2 aliphatic carbocycles. The molecule has 246 valence electrons. The Labute approximate surface area is 262 Å². The number of likely N-dealkylation sites (tertiary alicyclic amines) is 1. The number of amides is 5. The SMILES string of the molecule is C=CCNC(=O)C(=O)C(CCC)NC(=O)[C@@H]1[C@@H]2[C@H](CN1C(=O)[C@@H](NC(=O)N[C@H](C(C)=O)C1CCCCC1)C(C)(C)C)C2(C)C. The van der Waals surface area contributed by atoms with Crippen molar-refractivity contribution in [3.63, 3.8) is 0 Å². The second-order valence-corrected chi connectivity index (χ2v) is 14.5. The maximum atomic E-state index is 14.2. The van der Waals surface area contributed by atoms with E-state index >= 15 is 0 Å². The van der Waals surface area contributed by atoms with Crippen molar-refractivity contribution in [3.8, 4) is 0 Å². The minimum Gasteiger partial charge on any atom is -0.346 e. The summed E-state index contributed by atoms with van der Waals surface area (Å²) in [6.07, 6.45) is 7.18. The number of piperidine rings is 1. The van der Waals surface area contributed by atoms with Crippen LogP contribution in [0.2, 0.25) is 0 Å². The summed E-state index contributed by atoms with van der Waals surface area (Å²) >= 11 is 0. The first-order valence-corrected chi connectivity index (χ1v) is 16.2. The third-order valence-electron chi connectivity index (χ3n) is 9.84. The summed E-state index contributed by atoms with van der Waals surface area (Å²) in [6.45, 7) is 17.0. The van der Waals surface area contributed by atoms with Crippen LogP contribution in [0, 0.1) is 28.6 Å². The first kappa shape index (κ1) is 35.2. The first-order chi connectivity index (χ1) is 20.6. The van der Waals surface area contributed by atoms with Crippen molar-refractivity contribution in [3.05, 3.63) is 12.7 Å². The number of rotatable bonds is 13. The second-order valence-electron chi connectivity index (χ2n) is 14.5. The number of fused-ring (bicyclic) bond motifs is 1. The Morgan fingerprint density at radius 2 is 1.64 bits per heavy atom. The van der Waals surface area contributed by atoms with Gasteiger partial charge < -0.3 is 26.2 Å². The van der Waals surface area contributed by atoms with Gasteiger partial charge in [-0.25, -0.2) is 4.79 Å². The quantitative estimate of drug-likeness (QED) is 0.185. The van der Waals surface area contributed by atoms with E-state index in [0.29, 0.717) is 13.0 Å². The van der Waals surface area contributed by atoms with Gasteiger partial charge in [0.05, 0.1) is 12.1 Å². The minimum atomic E-state index is -1.03. The molecule has 0 radical (unpaired) electrons. The molecule has 0 aromatic carbocycles. The molecule has 1 saturated heterocycles. The van der Waals surface area contributed by atoms with Crippen molar-refractivity contribution in [1.29, 1.82) is 0 Å². The Bertz CT molecular complexity index is 1140. The summed E-state index contributed by atoms with van der Waals surface area (Å²) in [5, 5.41) is 10.9. The predicted molar refractivity (Wildman–Crippen MR) is 167 cm³/mol. The van der Waals surface area contributed by atoms with E-state index < -0.39 is 59.1 Å². The molecule has 11 nitrogen and oxygen atoms in total. The van der Waals surface area contributed by atoms with E-state index in [0.717, 1.165) is 32.1 Å². The Balaban J connectivity index is 1.80. The van der Waals surface area contributed by atoms with E-state index in [1.807, 2.05) is 27.7 Å². The summed E-state index contributed by atoms with van der Waals surface area (Å²) in [5.41, 5.74) is -0.890. The first-order valence-electron chi connectivity index (χ1n) is 16.2. The van der Waals surface area contributed by atoms with Crippen LogP contribution in [-0.4, -0.2) is 77.5 Å². The minimum absolute atomic E-state index is 0.0643. The Kier molecular flexibility index (Phi) is 11.4. The monoisotopic (exact) mass is 615 g/mol. The molecule has 0 aromatic heterocycles. The standard InChI is InChI=1S/C33H53N5O6/c1-9-14-22(26(40)29(42)34-17-10-2)35-28(41)25-23-21(33(23,7)8)18-38(25)30(43)27(32(4,5)6)37-31(44)36-24(19(3)39)20-15-12-11-13-16-20/h10,20-25,27H,2,9,11-18H2,1,3-8H3,(H,34,42)(H,35,41)(H2,36,37,44)/t21-,22?,23-,24+,25-,27+/m0/s1. The van der Waals surface area contributed by atoms with Crippen molar-refractivity contribution >= 4 is 35.3 Å². The van der Waals surface area contributed by atoms with Gasteiger partial charge in [-0.1, -0.05) is 73.3 Å². The molecule has 44 heavy (non-hydrogen) atoms. The molecule has 3 aliphatic rings. The smallest absolute Gasteiger partial charge is 0.316 e. The maximum absolute atomic E-state index is 14.2. The molecule has 0 aromatic rings. The van der Waals surface area contributed by atoms with Crippen molar-refractivity contribution in [1.82, 2.24) is 26.2 Å². The summed E-state index contributed by atoms with van der Waals surface area (Å²) in [5.74, 6) is -2.50. The number of nitrogens with zero attached hydrogens (tertiary/aromatic N) is 1. The van der Waals surface area contributed by atoms with Crippen LogP contribution in [0.25, 0.3) is 0 Å². The van der Waals surface area contributed by atoms with Gasteiger partial charge in [-0.2, -0.15) is 0 Å². The molecule has 1 aliphatic heterocycles. The lowest BCUT2D eigenvalue weighted by Crippen LogP contribution is -2.62. The normalized spacial score (nSPS) is 24.6. The van der Waals surface area contributed by atoms with Gasteiger partial charge >= 0.3 is 6.03 Å². The maximum Gasteiger partial charge on any atom is 0.316 e. The number of hydrogen-bond donors (Lipinski definition) is 4. The van der Waals surface area contributed by atoms with E-state index in [-0.39, 0.29) is 41.9 Å². The molecular weight excluding hydrogens is 562 g/mol. The number of nitrogens with one attached hydrogen (secondary N) is 4. The van der Waals surface area contributed by atoms with Crippen LogP contribution in [0.4, 0.5) is 4.79 Å². The molecule has 4 N–H and O–H groups in total. The number of hydrogen-bond acceptors (Lipinski definition) is 6. The predicted octanol–water partition coefficient (Wildman–Crippen LogP) is 2.88. The lowest BCUT2D eigenvalue weighted by Gasteiger charge is -2.38. The highest BCUT2D eigenvalue weighted by molar-refractivity contribution is 6.38.